The SMILES string of the molecule is O=C(Cc1ccccc1Cl)Nc1ccc2c(N3CCCC3)ncnc2c1. The molecule has 26 heavy (non-hydrogen) atoms. The van der Waals surface area contributed by atoms with E-state index in [4.69, 9.17) is 11.6 Å². The number of aromatic nitrogens is 2. The average molecular weight is 367 g/mol. The van der Waals surface area contributed by atoms with Crippen LogP contribution in [0.25, 0.3) is 10.9 Å². The molecule has 0 unspecified atom stereocenters. The van der Waals surface area contributed by atoms with Gasteiger partial charge in [-0.3, -0.25) is 4.79 Å². The second-order valence-corrected chi connectivity index (χ2v) is 6.85. The molecule has 0 radical (unpaired) electrons. The molecular weight excluding hydrogens is 348 g/mol. The van der Waals surface area contributed by atoms with Gasteiger partial charge in [-0.25, -0.2) is 9.97 Å². The number of nitrogens with one attached hydrogen (secondary N) is 1. The molecule has 0 bridgehead atoms. The van der Waals surface area contributed by atoms with Crippen LogP contribution < -0.4 is 10.2 Å². The Balaban J connectivity index is 1.54. The van der Waals surface area contributed by atoms with E-state index in [1.54, 1.807) is 12.4 Å². The molecule has 1 aromatic heterocycles. The van der Waals surface area contributed by atoms with Gasteiger partial charge in [0.15, 0.2) is 0 Å². The van der Waals surface area contributed by atoms with Gasteiger partial charge < -0.3 is 10.2 Å². The summed E-state index contributed by atoms with van der Waals surface area (Å²) >= 11 is 6.13. The lowest BCUT2D eigenvalue weighted by molar-refractivity contribution is -0.115. The Hall–Kier alpha value is -2.66. The first-order valence-electron chi connectivity index (χ1n) is 8.74. The number of anilines is 2. The van der Waals surface area contributed by atoms with Crippen LogP contribution in [-0.4, -0.2) is 29.0 Å². The summed E-state index contributed by atoms with van der Waals surface area (Å²) in [6.07, 6.45) is 4.22. The molecule has 1 fully saturated rings. The predicted octanol–water partition coefficient (Wildman–Crippen LogP) is 4.06. The van der Waals surface area contributed by atoms with Crippen molar-refractivity contribution in [1.82, 2.24) is 9.97 Å². The lowest BCUT2D eigenvalue weighted by atomic mass is 10.1. The summed E-state index contributed by atoms with van der Waals surface area (Å²) in [7, 11) is 0. The van der Waals surface area contributed by atoms with Gasteiger partial charge >= 0.3 is 0 Å². The van der Waals surface area contributed by atoms with Crippen molar-refractivity contribution >= 4 is 39.9 Å². The first-order chi connectivity index (χ1) is 12.7. The minimum absolute atomic E-state index is 0.105. The predicted molar refractivity (Wildman–Crippen MR) is 105 cm³/mol. The van der Waals surface area contributed by atoms with Crippen molar-refractivity contribution in [2.24, 2.45) is 0 Å². The third kappa shape index (κ3) is 3.48. The molecule has 1 N–H and O–H groups in total. The van der Waals surface area contributed by atoms with E-state index in [1.807, 2.05) is 36.4 Å². The van der Waals surface area contributed by atoms with Gasteiger partial charge in [-0.05, 0) is 42.7 Å². The van der Waals surface area contributed by atoms with Gasteiger partial charge in [0.2, 0.25) is 5.91 Å². The van der Waals surface area contributed by atoms with Crippen LogP contribution in [-0.2, 0) is 11.2 Å². The molecule has 0 saturated carbocycles. The maximum atomic E-state index is 12.3. The minimum atomic E-state index is -0.105. The number of halogens is 1. The standard InChI is InChI=1S/C20H19ClN4O/c21-17-6-2-1-5-14(17)11-19(26)24-15-7-8-16-18(12-15)22-13-23-20(16)25-9-3-4-10-25/h1-2,5-8,12-13H,3-4,9-11H2,(H,24,26). The fourth-order valence-electron chi connectivity index (χ4n) is 3.32. The summed E-state index contributed by atoms with van der Waals surface area (Å²) in [5, 5.41) is 4.54. The summed E-state index contributed by atoms with van der Waals surface area (Å²) in [5.74, 6) is 0.868. The zero-order valence-electron chi connectivity index (χ0n) is 14.3. The van der Waals surface area contributed by atoms with Crippen molar-refractivity contribution < 1.29 is 4.79 Å². The van der Waals surface area contributed by atoms with Gasteiger partial charge in [0.05, 0.1) is 11.9 Å². The molecule has 0 aliphatic carbocycles. The van der Waals surface area contributed by atoms with Gasteiger partial charge in [0.1, 0.15) is 12.1 Å². The number of nitrogens with zero attached hydrogens (tertiary/aromatic N) is 3. The highest BCUT2D eigenvalue weighted by atomic mass is 35.5. The van der Waals surface area contributed by atoms with Crippen LogP contribution >= 0.6 is 11.6 Å². The second kappa shape index (κ2) is 7.30. The number of hydrogen-bond donors (Lipinski definition) is 1. The maximum absolute atomic E-state index is 12.3. The van der Waals surface area contributed by atoms with Crippen LogP contribution in [0.1, 0.15) is 18.4 Å². The van der Waals surface area contributed by atoms with Crippen LogP contribution in [0.4, 0.5) is 11.5 Å². The van der Waals surface area contributed by atoms with Crippen molar-refractivity contribution in [1.29, 1.82) is 0 Å². The number of hydrogen-bond acceptors (Lipinski definition) is 4. The molecule has 1 amide bonds. The highest BCUT2D eigenvalue weighted by Crippen LogP contribution is 2.27. The largest absolute Gasteiger partial charge is 0.356 e. The van der Waals surface area contributed by atoms with Crippen molar-refractivity contribution in [3.05, 3.63) is 59.4 Å². The quantitative estimate of drug-likeness (QED) is 0.756. The minimum Gasteiger partial charge on any atom is -0.356 e. The number of amides is 1. The highest BCUT2D eigenvalue weighted by Gasteiger charge is 2.17. The Bertz CT molecular complexity index is 953. The summed E-state index contributed by atoms with van der Waals surface area (Å²) < 4.78 is 0. The van der Waals surface area contributed by atoms with E-state index in [0.29, 0.717) is 5.02 Å². The molecule has 4 rings (SSSR count). The van der Waals surface area contributed by atoms with Gasteiger partial charge in [0.25, 0.3) is 0 Å². The van der Waals surface area contributed by atoms with Crippen molar-refractivity contribution in [2.75, 3.05) is 23.3 Å². The molecule has 2 aromatic carbocycles. The molecule has 2 heterocycles. The van der Waals surface area contributed by atoms with Gasteiger partial charge in [-0.2, -0.15) is 0 Å². The number of carbonyl (C=O) groups excluding carboxylic acids is 1. The number of rotatable bonds is 4. The zero-order chi connectivity index (χ0) is 17.9. The van der Waals surface area contributed by atoms with E-state index in [0.717, 1.165) is 41.1 Å². The van der Waals surface area contributed by atoms with Gasteiger partial charge in [-0.1, -0.05) is 29.8 Å². The van der Waals surface area contributed by atoms with E-state index in [9.17, 15) is 4.79 Å². The van der Waals surface area contributed by atoms with Crippen LogP contribution in [0, 0.1) is 0 Å². The van der Waals surface area contributed by atoms with E-state index < -0.39 is 0 Å². The molecule has 132 valence electrons. The zero-order valence-corrected chi connectivity index (χ0v) is 15.0. The Labute approximate surface area is 157 Å². The number of benzene rings is 2. The topological polar surface area (TPSA) is 58.1 Å². The second-order valence-electron chi connectivity index (χ2n) is 6.44. The molecule has 0 spiro atoms. The fourth-order valence-corrected chi connectivity index (χ4v) is 3.52. The van der Waals surface area contributed by atoms with Crippen LogP contribution in [0.3, 0.4) is 0 Å². The van der Waals surface area contributed by atoms with Crippen LogP contribution in [0.5, 0.6) is 0 Å². The van der Waals surface area contributed by atoms with Gasteiger partial charge in [0, 0.05) is 29.2 Å². The molecule has 3 aromatic rings. The Morgan fingerprint density at radius 3 is 2.73 bits per heavy atom. The van der Waals surface area contributed by atoms with E-state index >= 15 is 0 Å². The highest BCUT2D eigenvalue weighted by molar-refractivity contribution is 6.31. The van der Waals surface area contributed by atoms with E-state index in [1.165, 1.54) is 12.8 Å². The normalized spacial score (nSPS) is 14.0. The fraction of sp³-hybridized carbons (Fsp3) is 0.250. The molecular formula is C20H19ClN4O. The van der Waals surface area contributed by atoms with Crippen molar-refractivity contribution in [3.63, 3.8) is 0 Å². The first kappa shape index (κ1) is 16.8. The Kier molecular flexibility index (Phi) is 4.71. The molecule has 1 aliphatic rings. The van der Waals surface area contributed by atoms with E-state index in [-0.39, 0.29) is 12.3 Å². The Morgan fingerprint density at radius 2 is 1.92 bits per heavy atom. The third-order valence-corrected chi connectivity index (χ3v) is 4.98. The summed E-state index contributed by atoms with van der Waals surface area (Å²) in [5.41, 5.74) is 2.36. The molecule has 1 saturated heterocycles. The number of carbonyl (C=O) groups is 1. The summed E-state index contributed by atoms with van der Waals surface area (Å²) in [6.45, 7) is 2.06. The van der Waals surface area contributed by atoms with E-state index in [2.05, 4.69) is 20.2 Å². The first-order valence-corrected chi connectivity index (χ1v) is 9.11. The molecule has 5 nitrogen and oxygen atoms in total. The summed E-state index contributed by atoms with van der Waals surface area (Å²) in [6, 6.07) is 13.1. The molecule has 6 heteroatoms. The summed E-state index contributed by atoms with van der Waals surface area (Å²) in [4.78, 5) is 23.5. The van der Waals surface area contributed by atoms with Crippen LogP contribution in [0.2, 0.25) is 5.02 Å². The van der Waals surface area contributed by atoms with Crippen LogP contribution in [0.15, 0.2) is 48.8 Å². The monoisotopic (exact) mass is 366 g/mol. The third-order valence-electron chi connectivity index (χ3n) is 4.61. The Morgan fingerprint density at radius 1 is 1.12 bits per heavy atom. The smallest absolute Gasteiger partial charge is 0.228 e. The van der Waals surface area contributed by atoms with Gasteiger partial charge in [-0.15, -0.1) is 0 Å². The molecule has 0 atom stereocenters. The average Bonchev–Trinajstić information content (AvgIpc) is 3.17. The van der Waals surface area contributed by atoms with Crippen molar-refractivity contribution in [2.45, 2.75) is 19.3 Å². The van der Waals surface area contributed by atoms with Crippen molar-refractivity contribution in [3.8, 4) is 0 Å². The molecule has 1 aliphatic heterocycles. The number of fused-ring (bicyclic) bond motifs is 1. The lowest BCUT2D eigenvalue weighted by Crippen LogP contribution is -2.19. The lowest BCUT2D eigenvalue weighted by Gasteiger charge is -2.18. The maximum Gasteiger partial charge on any atom is 0.228 e.